The van der Waals surface area contributed by atoms with Gasteiger partial charge in [-0.3, -0.25) is 14.5 Å². The highest BCUT2D eigenvalue weighted by molar-refractivity contribution is 5.78. The van der Waals surface area contributed by atoms with Crippen LogP contribution >= 0.6 is 0 Å². The number of hydrogen-bond acceptors (Lipinski definition) is 6. The maximum atomic E-state index is 11.9. The Bertz CT molecular complexity index is 737. The summed E-state index contributed by atoms with van der Waals surface area (Å²) in [6.45, 7) is 5.62. The van der Waals surface area contributed by atoms with E-state index in [1.807, 2.05) is 6.92 Å². The maximum Gasteiger partial charge on any atom is 0.234 e. The first-order chi connectivity index (χ1) is 11.6. The summed E-state index contributed by atoms with van der Waals surface area (Å²) in [4.78, 5) is 29.9. The summed E-state index contributed by atoms with van der Waals surface area (Å²) in [7, 11) is 0. The van der Waals surface area contributed by atoms with Crippen molar-refractivity contribution in [3.63, 3.8) is 0 Å². The molecular weight excluding hydrogens is 310 g/mol. The van der Waals surface area contributed by atoms with Gasteiger partial charge in [0, 0.05) is 37.7 Å². The fourth-order valence-electron chi connectivity index (χ4n) is 2.72. The van der Waals surface area contributed by atoms with E-state index in [-0.39, 0.29) is 11.3 Å². The number of ether oxygens (including phenoxy) is 1. The molecule has 1 saturated heterocycles. The summed E-state index contributed by atoms with van der Waals surface area (Å²) in [5, 5.41) is 2.87. The van der Waals surface area contributed by atoms with Crippen molar-refractivity contribution in [2.45, 2.75) is 13.3 Å². The van der Waals surface area contributed by atoms with E-state index in [1.165, 1.54) is 12.1 Å². The van der Waals surface area contributed by atoms with E-state index >= 15 is 0 Å². The fourth-order valence-corrected chi connectivity index (χ4v) is 2.72. The summed E-state index contributed by atoms with van der Waals surface area (Å²) in [6.07, 6.45) is 0.481. The van der Waals surface area contributed by atoms with Gasteiger partial charge in [0.15, 0.2) is 11.3 Å². The number of nitrogens with zero attached hydrogens (tertiary/aromatic N) is 2. The first-order valence-electron chi connectivity index (χ1n) is 8.09. The van der Waals surface area contributed by atoms with Crippen LogP contribution in [0.3, 0.4) is 0 Å². The third-order valence-corrected chi connectivity index (χ3v) is 3.99. The lowest BCUT2D eigenvalue weighted by Gasteiger charge is -2.25. The van der Waals surface area contributed by atoms with Gasteiger partial charge < -0.3 is 14.5 Å². The average molecular weight is 331 g/mol. The second kappa shape index (κ2) is 7.55. The van der Waals surface area contributed by atoms with Crippen molar-refractivity contribution in [3.05, 3.63) is 40.0 Å². The monoisotopic (exact) mass is 331 g/mol. The number of carbonyl (C=O) groups is 1. The molecular formula is C17H21N3O4. The molecule has 7 nitrogen and oxygen atoms in total. The van der Waals surface area contributed by atoms with Crippen molar-refractivity contribution in [1.29, 1.82) is 0 Å². The standard InChI is InChI=1S/C17H21N3O4/c1-12-14-3-2-13(21)10-15(14)24-17(19-12)4-5-18-16(22)11-20-6-8-23-9-7-20/h2-3,10H,4-9,11H2,1H3,(H,18,22). The topological polar surface area (TPSA) is 84.7 Å². The molecule has 1 amide bonds. The first-order valence-corrected chi connectivity index (χ1v) is 8.09. The molecule has 0 aromatic carbocycles. The zero-order chi connectivity index (χ0) is 16.9. The molecule has 0 aromatic heterocycles. The Morgan fingerprint density at radius 3 is 2.92 bits per heavy atom. The van der Waals surface area contributed by atoms with Crippen LogP contribution in [0, 0.1) is 6.92 Å². The number of benzene rings is 1. The summed E-state index contributed by atoms with van der Waals surface area (Å²) < 4.78 is 10.9. The van der Waals surface area contributed by atoms with E-state index in [1.54, 1.807) is 6.07 Å². The molecule has 0 atom stereocenters. The first kappa shape index (κ1) is 16.6. The Kier molecular flexibility index (Phi) is 5.22. The van der Waals surface area contributed by atoms with Crippen molar-refractivity contribution >= 4 is 5.91 Å². The van der Waals surface area contributed by atoms with Gasteiger partial charge in [-0.25, -0.2) is 4.98 Å². The molecule has 7 heteroatoms. The summed E-state index contributed by atoms with van der Waals surface area (Å²) in [5.74, 6) is 1.03. The van der Waals surface area contributed by atoms with Crippen LogP contribution in [-0.2, 0) is 16.0 Å². The smallest absolute Gasteiger partial charge is 0.234 e. The van der Waals surface area contributed by atoms with Gasteiger partial charge in [0.05, 0.1) is 25.5 Å². The summed E-state index contributed by atoms with van der Waals surface area (Å²) >= 11 is 0. The molecule has 24 heavy (non-hydrogen) atoms. The number of carbonyl (C=O) groups excluding carboxylic acids is 1. The van der Waals surface area contributed by atoms with Crippen LogP contribution in [0.4, 0.5) is 0 Å². The summed E-state index contributed by atoms with van der Waals surface area (Å²) in [6, 6.07) is 4.68. The Morgan fingerprint density at radius 2 is 2.12 bits per heavy atom. The number of hydrogen-bond donors (Lipinski definition) is 1. The number of fused-ring (bicyclic) bond motifs is 1. The zero-order valence-electron chi connectivity index (χ0n) is 13.7. The van der Waals surface area contributed by atoms with E-state index in [0.717, 1.165) is 24.3 Å². The predicted molar refractivity (Wildman–Crippen MR) is 88.1 cm³/mol. The minimum atomic E-state index is -0.0957. The lowest BCUT2D eigenvalue weighted by molar-refractivity contribution is -0.123. The molecule has 3 rings (SSSR count). The van der Waals surface area contributed by atoms with E-state index in [9.17, 15) is 9.59 Å². The second-order valence-electron chi connectivity index (χ2n) is 5.84. The SMILES string of the molecule is Cc1nc(CCNC(=O)CN2CCOCC2)oc2cc(=O)ccc1-2. The number of rotatable bonds is 5. The minimum Gasteiger partial charge on any atom is -0.442 e. The molecule has 3 aliphatic rings. The van der Waals surface area contributed by atoms with E-state index < -0.39 is 0 Å². The highest BCUT2D eigenvalue weighted by atomic mass is 16.5. The number of morpholine rings is 1. The van der Waals surface area contributed by atoms with Crippen LogP contribution in [0.2, 0.25) is 0 Å². The van der Waals surface area contributed by atoms with Crippen molar-refractivity contribution in [2.75, 3.05) is 39.4 Å². The van der Waals surface area contributed by atoms with E-state index in [0.29, 0.717) is 44.4 Å². The largest absolute Gasteiger partial charge is 0.442 e. The number of nitrogens with one attached hydrogen (secondary N) is 1. The van der Waals surface area contributed by atoms with Gasteiger partial charge in [0.1, 0.15) is 5.76 Å². The van der Waals surface area contributed by atoms with E-state index in [4.69, 9.17) is 9.15 Å². The van der Waals surface area contributed by atoms with Gasteiger partial charge in [-0.15, -0.1) is 0 Å². The van der Waals surface area contributed by atoms with Crippen LogP contribution in [0.15, 0.2) is 27.4 Å². The molecule has 1 aliphatic carbocycles. The van der Waals surface area contributed by atoms with Crippen LogP contribution in [0.1, 0.15) is 11.6 Å². The predicted octanol–water partition coefficient (Wildman–Crippen LogP) is 0.439. The van der Waals surface area contributed by atoms with Gasteiger partial charge >= 0.3 is 0 Å². The molecule has 0 radical (unpaired) electrons. The van der Waals surface area contributed by atoms with Gasteiger partial charge in [0.25, 0.3) is 0 Å². The van der Waals surface area contributed by atoms with Crippen LogP contribution < -0.4 is 10.7 Å². The Labute approximate surface area is 140 Å². The van der Waals surface area contributed by atoms with Crippen molar-refractivity contribution in [2.24, 2.45) is 0 Å². The molecule has 0 aromatic rings. The quantitative estimate of drug-likeness (QED) is 0.856. The van der Waals surface area contributed by atoms with Gasteiger partial charge in [0.2, 0.25) is 5.91 Å². The molecule has 0 bridgehead atoms. The molecule has 0 spiro atoms. The maximum absolute atomic E-state index is 11.9. The van der Waals surface area contributed by atoms with E-state index in [2.05, 4.69) is 15.2 Å². The van der Waals surface area contributed by atoms with Crippen molar-refractivity contribution in [1.82, 2.24) is 15.2 Å². The highest BCUT2D eigenvalue weighted by Crippen LogP contribution is 2.23. The number of amides is 1. The Balaban J connectivity index is 1.55. The van der Waals surface area contributed by atoms with Crippen LogP contribution in [0.25, 0.3) is 11.3 Å². The number of aryl methyl sites for hydroxylation is 1. The van der Waals surface area contributed by atoms with Crippen LogP contribution in [-0.4, -0.2) is 55.2 Å². The molecule has 1 fully saturated rings. The van der Waals surface area contributed by atoms with Gasteiger partial charge in [-0.1, -0.05) is 0 Å². The lowest BCUT2D eigenvalue weighted by Crippen LogP contribution is -2.43. The van der Waals surface area contributed by atoms with Crippen molar-refractivity contribution in [3.8, 4) is 11.3 Å². The lowest BCUT2D eigenvalue weighted by atomic mass is 10.1. The Hall–Kier alpha value is -2.25. The molecule has 0 unspecified atom stereocenters. The average Bonchev–Trinajstić information content (AvgIpc) is 2.55. The third-order valence-electron chi connectivity index (χ3n) is 3.99. The van der Waals surface area contributed by atoms with Gasteiger partial charge in [-0.05, 0) is 19.1 Å². The Morgan fingerprint density at radius 1 is 1.33 bits per heavy atom. The normalized spacial score (nSPS) is 15.5. The molecule has 0 saturated carbocycles. The molecule has 1 N–H and O–H groups in total. The fraction of sp³-hybridized carbons (Fsp3) is 0.471. The number of aromatic nitrogens is 1. The van der Waals surface area contributed by atoms with Crippen molar-refractivity contribution < 1.29 is 13.9 Å². The highest BCUT2D eigenvalue weighted by Gasteiger charge is 2.15. The molecule has 128 valence electrons. The second-order valence-corrected chi connectivity index (χ2v) is 5.84. The third kappa shape index (κ3) is 4.18. The minimum absolute atomic E-state index is 0.0174. The van der Waals surface area contributed by atoms with Gasteiger partial charge in [-0.2, -0.15) is 0 Å². The molecule has 2 aliphatic heterocycles. The summed E-state index contributed by atoms with van der Waals surface area (Å²) in [5.41, 5.74) is 1.54. The molecule has 2 heterocycles. The van der Waals surface area contributed by atoms with Crippen LogP contribution in [0.5, 0.6) is 0 Å². The zero-order valence-corrected chi connectivity index (χ0v) is 13.7.